The van der Waals surface area contributed by atoms with Crippen LogP contribution in [-0.2, 0) is 6.54 Å². The number of para-hydroxylation sites is 2. The Bertz CT molecular complexity index is 748. The van der Waals surface area contributed by atoms with E-state index in [-0.39, 0.29) is 6.10 Å². The number of hydrogen-bond donors (Lipinski definition) is 2. The fourth-order valence-corrected chi connectivity index (χ4v) is 4.03. The van der Waals surface area contributed by atoms with E-state index in [1.807, 2.05) is 0 Å². The molecule has 0 unspecified atom stereocenters. The van der Waals surface area contributed by atoms with Gasteiger partial charge in [0.25, 0.3) is 0 Å². The van der Waals surface area contributed by atoms with Crippen LogP contribution in [0.4, 0.5) is 0 Å². The summed E-state index contributed by atoms with van der Waals surface area (Å²) in [6.45, 7) is 1.46. The van der Waals surface area contributed by atoms with Crippen LogP contribution in [0.25, 0.3) is 21.8 Å². The number of nitrogens with two attached hydrogens (primary N) is 1. The van der Waals surface area contributed by atoms with Crippen LogP contribution >= 0.6 is 0 Å². The molecule has 1 heterocycles. The summed E-state index contributed by atoms with van der Waals surface area (Å²) in [7, 11) is 0. The monoisotopic (exact) mass is 309 g/mol. The normalized spacial score (nSPS) is 17.3. The second-order valence-corrected chi connectivity index (χ2v) is 6.81. The molecule has 1 atom stereocenters. The molecule has 3 aromatic rings. The Morgan fingerprint density at radius 3 is 2.13 bits per heavy atom. The molecule has 4 rings (SSSR count). The van der Waals surface area contributed by atoms with Crippen LogP contribution in [0.2, 0.25) is 0 Å². The van der Waals surface area contributed by atoms with Gasteiger partial charge in [0.15, 0.2) is 0 Å². The highest BCUT2D eigenvalue weighted by molar-refractivity contribution is 6.07. The van der Waals surface area contributed by atoms with Crippen molar-refractivity contribution in [3.8, 4) is 0 Å². The highest BCUT2D eigenvalue weighted by atomic mass is 16.3. The fourth-order valence-electron chi connectivity index (χ4n) is 4.03. The molecule has 3 nitrogen and oxygen atoms in total. The SMILES string of the molecule is O[C@H](C[NH2+]C1CCCC1)Cn1c2ccccc2c2ccccc21. The third kappa shape index (κ3) is 2.87. The number of quaternary nitrogens is 1. The molecule has 1 aromatic heterocycles. The summed E-state index contributed by atoms with van der Waals surface area (Å²) >= 11 is 0. The van der Waals surface area contributed by atoms with Crippen molar-refractivity contribution in [1.29, 1.82) is 0 Å². The second-order valence-electron chi connectivity index (χ2n) is 6.81. The maximum absolute atomic E-state index is 10.5. The van der Waals surface area contributed by atoms with Gasteiger partial charge in [-0.15, -0.1) is 0 Å². The quantitative estimate of drug-likeness (QED) is 0.747. The van der Waals surface area contributed by atoms with Gasteiger partial charge in [0, 0.05) is 21.8 Å². The van der Waals surface area contributed by atoms with Gasteiger partial charge in [-0.3, -0.25) is 0 Å². The average Bonchev–Trinajstić information content (AvgIpc) is 3.21. The van der Waals surface area contributed by atoms with Crippen LogP contribution < -0.4 is 5.32 Å². The van der Waals surface area contributed by atoms with Crippen molar-refractivity contribution in [2.45, 2.75) is 44.4 Å². The minimum atomic E-state index is -0.310. The molecule has 120 valence electrons. The molecule has 3 N–H and O–H groups in total. The smallest absolute Gasteiger partial charge is 0.121 e. The third-order valence-electron chi connectivity index (χ3n) is 5.21. The summed E-state index contributed by atoms with van der Waals surface area (Å²) in [5, 5.41) is 15.4. The molecule has 1 saturated carbocycles. The number of benzene rings is 2. The lowest BCUT2D eigenvalue weighted by atomic mass is 10.2. The fraction of sp³-hybridized carbons (Fsp3) is 0.400. The lowest BCUT2D eigenvalue weighted by molar-refractivity contribution is -0.693. The number of rotatable bonds is 5. The zero-order valence-corrected chi connectivity index (χ0v) is 13.5. The van der Waals surface area contributed by atoms with E-state index < -0.39 is 0 Å². The molecule has 23 heavy (non-hydrogen) atoms. The Balaban J connectivity index is 1.59. The molecule has 3 heteroatoms. The van der Waals surface area contributed by atoms with Crippen molar-refractivity contribution >= 4 is 21.8 Å². The first-order valence-electron chi connectivity index (χ1n) is 8.80. The Morgan fingerprint density at radius 1 is 0.957 bits per heavy atom. The zero-order valence-electron chi connectivity index (χ0n) is 13.5. The van der Waals surface area contributed by atoms with Crippen LogP contribution in [0.5, 0.6) is 0 Å². The van der Waals surface area contributed by atoms with Gasteiger partial charge < -0.3 is 15.0 Å². The summed E-state index contributed by atoms with van der Waals surface area (Å²) in [5.74, 6) is 0. The number of aliphatic hydroxyl groups excluding tert-OH is 1. The summed E-state index contributed by atoms with van der Waals surface area (Å²) in [4.78, 5) is 0. The molecule has 0 spiro atoms. The molecule has 0 saturated heterocycles. The van der Waals surface area contributed by atoms with Gasteiger partial charge in [0.05, 0.1) is 12.6 Å². The molecule has 1 aliphatic rings. The summed E-state index contributed by atoms with van der Waals surface area (Å²) in [6.07, 6.45) is 5.01. The lowest BCUT2D eigenvalue weighted by Crippen LogP contribution is -2.91. The maximum Gasteiger partial charge on any atom is 0.121 e. The van der Waals surface area contributed by atoms with E-state index in [2.05, 4.69) is 58.4 Å². The van der Waals surface area contributed by atoms with E-state index in [1.54, 1.807) is 0 Å². The lowest BCUT2D eigenvalue weighted by Gasteiger charge is -2.15. The van der Waals surface area contributed by atoms with Crippen LogP contribution in [0, 0.1) is 0 Å². The van der Waals surface area contributed by atoms with Gasteiger partial charge in [-0.2, -0.15) is 0 Å². The van der Waals surface area contributed by atoms with Gasteiger partial charge >= 0.3 is 0 Å². The Labute approximate surface area is 136 Å². The van der Waals surface area contributed by atoms with Crippen molar-refractivity contribution in [2.75, 3.05) is 6.54 Å². The van der Waals surface area contributed by atoms with Crippen molar-refractivity contribution in [2.24, 2.45) is 0 Å². The Hall–Kier alpha value is -1.84. The molecular weight excluding hydrogens is 284 g/mol. The minimum absolute atomic E-state index is 0.310. The Kier molecular flexibility index (Phi) is 4.06. The minimum Gasteiger partial charge on any atom is -0.385 e. The molecule has 0 amide bonds. The predicted molar refractivity (Wildman–Crippen MR) is 94.5 cm³/mol. The van der Waals surface area contributed by atoms with Crippen molar-refractivity contribution in [3.63, 3.8) is 0 Å². The largest absolute Gasteiger partial charge is 0.385 e. The molecule has 1 aliphatic carbocycles. The molecular formula is C20H25N2O+. The Morgan fingerprint density at radius 2 is 1.52 bits per heavy atom. The molecule has 0 aliphatic heterocycles. The van der Waals surface area contributed by atoms with Crippen molar-refractivity contribution < 1.29 is 10.4 Å². The van der Waals surface area contributed by atoms with Crippen molar-refractivity contribution in [3.05, 3.63) is 48.5 Å². The highest BCUT2D eigenvalue weighted by Crippen LogP contribution is 2.28. The molecule has 2 aromatic carbocycles. The highest BCUT2D eigenvalue weighted by Gasteiger charge is 2.20. The van der Waals surface area contributed by atoms with Gasteiger partial charge in [-0.05, 0) is 37.8 Å². The number of aliphatic hydroxyl groups is 1. The average molecular weight is 309 g/mol. The molecule has 0 radical (unpaired) electrons. The first-order chi connectivity index (χ1) is 11.3. The van der Waals surface area contributed by atoms with Crippen LogP contribution in [0.15, 0.2) is 48.5 Å². The number of hydrogen-bond acceptors (Lipinski definition) is 1. The van der Waals surface area contributed by atoms with Crippen LogP contribution in [0.3, 0.4) is 0 Å². The molecule has 1 fully saturated rings. The third-order valence-corrected chi connectivity index (χ3v) is 5.21. The standard InChI is InChI=1S/C20H24N2O/c23-16(13-21-15-7-1-2-8-15)14-22-19-11-5-3-9-17(19)18-10-4-6-12-20(18)22/h3-6,9-12,15-16,21,23H,1-2,7-8,13-14H2/p+1/t16-/m1/s1. The van der Waals surface area contributed by atoms with Gasteiger partial charge in [0.2, 0.25) is 0 Å². The molecule has 0 bridgehead atoms. The topological polar surface area (TPSA) is 41.8 Å². The van der Waals surface area contributed by atoms with E-state index in [9.17, 15) is 5.11 Å². The van der Waals surface area contributed by atoms with E-state index >= 15 is 0 Å². The summed E-state index contributed by atoms with van der Waals surface area (Å²) in [5.41, 5.74) is 2.43. The summed E-state index contributed by atoms with van der Waals surface area (Å²) < 4.78 is 2.28. The first kappa shape index (κ1) is 14.7. The zero-order chi connectivity index (χ0) is 15.6. The van der Waals surface area contributed by atoms with Gasteiger partial charge in [-0.25, -0.2) is 0 Å². The number of fused-ring (bicyclic) bond motifs is 3. The number of nitrogens with zero attached hydrogens (tertiary/aromatic N) is 1. The maximum atomic E-state index is 10.5. The summed E-state index contributed by atoms with van der Waals surface area (Å²) in [6, 6.07) is 17.7. The van der Waals surface area contributed by atoms with Gasteiger partial charge in [0.1, 0.15) is 12.6 Å². The number of aromatic nitrogens is 1. The van der Waals surface area contributed by atoms with Crippen LogP contribution in [0.1, 0.15) is 25.7 Å². The first-order valence-corrected chi connectivity index (χ1v) is 8.80. The van der Waals surface area contributed by atoms with E-state index in [0.29, 0.717) is 6.54 Å². The van der Waals surface area contributed by atoms with Crippen molar-refractivity contribution in [1.82, 2.24) is 4.57 Å². The van der Waals surface area contributed by atoms with Crippen LogP contribution in [-0.4, -0.2) is 28.4 Å². The van der Waals surface area contributed by atoms with E-state index in [4.69, 9.17) is 0 Å². The second kappa shape index (κ2) is 6.34. The van der Waals surface area contributed by atoms with Gasteiger partial charge in [-0.1, -0.05) is 36.4 Å². The van der Waals surface area contributed by atoms with E-state index in [0.717, 1.165) is 12.6 Å². The predicted octanol–water partition coefficient (Wildman–Crippen LogP) is 2.66. The van der Waals surface area contributed by atoms with E-state index in [1.165, 1.54) is 47.5 Å².